The van der Waals surface area contributed by atoms with E-state index in [4.69, 9.17) is 14.2 Å². The number of amides is 1. The Labute approximate surface area is 264 Å². The number of aromatic nitrogens is 2. The van der Waals surface area contributed by atoms with Crippen LogP contribution in [0, 0.1) is 11.8 Å². The number of aliphatic hydroxyl groups is 1. The number of aliphatic hydroxyl groups excluding tert-OH is 1. The molecule has 0 radical (unpaired) electrons. The quantitative estimate of drug-likeness (QED) is 0.205. The van der Waals surface area contributed by atoms with E-state index in [1.54, 1.807) is 18.2 Å². The number of carbonyl (C=O) groups excluding carboxylic acids is 1. The fourth-order valence-corrected chi connectivity index (χ4v) is 7.43. The molecule has 12 nitrogen and oxygen atoms in total. The first-order valence-electron chi connectivity index (χ1n) is 15.7. The number of H-pyrrole nitrogens is 1. The summed E-state index contributed by atoms with van der Waals surface area (Å²) in [4.78, 5) is 13.2. The second-order valence-electron chi connectivity index (χ2n) is 12.4. The van der Waals surface area contributed by atoms with Gasteiger partial charge in [-0.05, 0) is 55.9 Å². The fourth-order valence-electron chi connectivity index (χ4n) is 5.78. The van der Waals surface area contributed by atoms with E-state index in [1.165, 1.54) is 4.31 Å². The van der Waals surface area contributed by atoms with Gasteiger partial charge in [-0.15, -0.1) is 0 Å². The second-order valence-corrected chi connectivity index (χ2v) is 14.4. The standard InChI is InChI=1S/C32H45N5O7S/c1-5-21(4)33-30-25-16-23(11-12-26(25)35-36-30)45(40,41)37(17-20(2)3)18-28(38)27(15-22-9-7-6-8-10-22)34-32(39)44-29-19-43-31-24(29)13-14-42-31/h6-12,16,20-21,24,27-29,31,38H,5,13-15,17-19H2,1-4H3,(H,34,39)(H2,33,35,36)/t21?,24-,27-,28+,29?,31+/m0/s1. The van der Waals surface area contributed by atoms with Crippen molar-refractivity contribution in [2.24, 2.45) is 11.8 Å². The third-order valence-corrected chi connectivity index (χ3v) is 10.3. The van der Waals surface area contributed by atoms with Gasteiger partial charge in [-0.25, -0.2) is 13.2 Å². The minimum Gasteiger partial charge on any atom is -0.443 e. The lowest BCUT2D eigenvalue weighted by molar-refractivity contribution is -0.0907. The molecule has 2 unspecified atom stereocenters. The Hall–Kier alpha value is -3.23. The Balaban J connectivity index is 1.36. The summed E-state index contributed by atoms with van der Waals surface area (Å²) in [6, 6.07) is 13.6. The van der Waals surface area contributed by atoms with E-state index in [2.05, 4.69) is 27.8 Å². The number of hydrogen-bond acceptors (Lipinski definition) is 9. The number of aromatic amines is 1. The van der Waals surface area contributed by atoms with E-state index >= 15 is 0 Å². The minimum atomic E-state index is -4.05. The van der Waals surface area contributed by atoms with Gasteiger partial charge in [0.05, 0.1) is 41.7 Å². The zero-order valence-electron chi connectivity index (χ0n) is 26.3. The highest BCUT2D eigenvalue weighted by atomic mass is 32.2. The first kappa shape index (κ1) is 33.1. The van der Waals surface area contributed by atoms with Crippen LogP contribution in [0.25, 0.3) is 10.9 Å². The number of rotatable bonds is 14. The monoisotopic (exact) mass is 643 g/mol. The number of fused-ring (bicyclic) bond motifs is 2. The summed E-state index contributed by atoms with van der Waals surface area (Å²) in [5.74, 6) is 0.524. The van der Waals surface area contributed by atoms with Gasteiger partial charge in [0.2, 0.25) is 10.0 Å². The molecule has 2 saturated heterocycles. The highest BCUT2D eigenvalue weighted by Crippen LogP contribution is 2.33. The summed E-state index contributed by atoms with van der Waals surface area (Å²) in [6.07, 6.45) is -0.874. The number of benzene rings is 2. The Morgan fingerprint density at radius 2 is 1.93 bits per heavy atom. The minimum absolute atomic E-state index is 0.0262. The molecule has 0 bridgehead atoms. The van der Waals surface area contributed by atoms with Crippen molar-refractivity contribution in [2.75, 3.05) is 31.6 Å². The van der Waals surface area contributed by atoms with Gasteiger partial charge >= 0.3 is 6.09 Å². The molecule has 246 valence electrons. The number of anilines is 1. The molecule has 6 atom stereocenters. The second kappa shape index (κ2) is 14.5. The Bertz CT molecular complexity index is 1530. The maximum absolute atomic E-state index is 14.1. The van der Waals surface area contributed by atoms with Crippen LogP contribution < -0.4 is 10.6 Å². The molecule has 45 heavy (non-hydrogen) atoms. The summed E-state index contributed by atoms with van der Waals surface area (Å²) in [6.45, 7) is 8.66. The van der Waals surface area contributed by atoms with Gasteiger partial charge in [0, 0.05) is 24.5 Å². The summed E-state index contributed by atoms with van der Waals surface area (Å²) in [5, 5.41) is 25.7. The molecule has 4 N–H and O–H groups in total. The van der Waals surface area contributed by atoms with Crippen molar-refractivity contribution >= 4 is 32.8 Å². The Morgan fingerprint density at radius 3 is 2.67 bits per heavy atom. The molecule has 2 aliphatic heterocycles. The number of hydrogen-bond donors (Lipinski definition) is 4. The van der Waals surface area contributed by atoms with Crippen molar-refractivity contribution in [3.63, 3.8) is 0 Å². The van der Waals surface area contributed by atoms with Crippen molar-refractivity contribution in [3.05, 3.63) is 54.1 Å². The van der Waals surface area contributed by atoms with E-state index < -0.39 is 34.4 Å². The van der Waals surface area contributed by atoms with Gasteiger partial charge in [0.15, 0.2) is 12.1 Å². The Kier molecular flexibility index (Phi) is 10.7. The van der Waals surface area contributed by atoms with E-state index in [9.17, 15) is 18.3 Å². The summed E-state index contributed by atoms with van der Waals surface area (Å²) in [5.41, 5.74) is 1.59. The predicted molar refractivity (Wildman–Crippen MR) is 170 cm³/mol. The number of nitrogens with zero attached hydrogens (tertiary/aromatic N) is 2. The van der Waals surface area contributed by atoms with E-state index in [1.807, 2.05) is 51.1 Å². The largest absolute Gasteiger partial charge is 0.443 e. The maximum Gasteiger partial charge on any atom is 0.407 e. The van der Waals surface area contributed by atoms with Crippen LogP contribution in [-0.2, 0) is 30.7 Å². The molecule has 5 rings (SSSR count). The van der Waals surface area contributed by atoms with Crippen molar-refractivity contribution < 1.29 is 32.5 Å². The third-order valence-electron chi connectivity index (χ3n) is 8.44. The predicted octanol–water partition coefficient (Wildman–Crippen LogP) is 3.88. The third kappa shape index (κ3) is 7.95. The highest BCUT2D eigenvalue weighted by Gasteiger charge is 2.44. The van der Waals surface area contributed by atoms with Crippen LogP contribution in [0.15, 0.2) is 53.4 Å². The number of sulfonamides is 1. The lowest BCUT2D eigenvalue weighted by Crippen LogP contribution is -2.51. The van der Waals surface area contributed by atoms with Crippen LogP contribution in [0.5, 0.6) is 0 Å². The molecule has 1 aromatic heterocycles. The Morgan fingerprint density at radius 1 is 1.16 bits per heavy atom. The van der Waals surface area contributed by atoms with Crippen LogP contribution in [0.2, 0.25) is 0 Å². The van der Waals surface area contributed by atoms with Gasteiger partial charge in [-0.3, -0.25) is 5.10 Å². The first-order valence-corrected chi connectivity index (χ1v) is 17.2. The fraction of sp³-hybridized carbons (Fsp3) is 0.562. The smallest absolute Gasteiger partial charge is 0.407 e. The van der Waals surface area contributed by atoms with Crippen molar-refractivity contribution in [3.8, 4) is 0 Å². The molecule has 0 saturated carbocycles. The van der Waals surface area contributed by atoms with Gasteiger partial charge in [-0.1, -0.05) is 51.1 Å². The van der Waals surface area contributed by atoms with Gasteiger partial charge in [0.25, 0.3) is 0 Å². The molecule has 13 heteroatoms. The van der Waals surface area contributed by atoms with Crippen molar-refractivity contribution in [2.45, 2.75) is 82.4 Å². The molecule has 3 heterocycles. The van der Waals surface area contributed by atoms with E-state index in [0.717, 1.165) is 18.4 Å². The summed E-state index contributed by atoms with van der Waals surface area (Å²) < 4.78 is 46.4. The number of ether oxygens (including phenoxy) is 3. The SMILES string of the molecule is CCC(C)Nc1n[nH]c2ccc(S(=O)(=O)N(CC(C)C)C[C@@H](O)[C@H](Cc3ccccc3)NC(=O)OC3CO[C@H]4OCC[C@@H]34)cc12. The average Bonchev–Trinajstić information content (AvgIpc) is 3.74. The molecule has 2 aromatic carbocycles. The van der Waals surface area contributed by atoms with Crippen LogP contribution >= 0.6 is 0 Å². The molecule has 1 amide bonds. The van der Waals surface area contributed by atoms with E-state index in [0.29, 0.717) is 23.3 Å². The van der Waals surface area contributed by atoms with Gasteiger partial charge < -0.3 is 30.0 Å². The highest BCUT2D eigenvalue weighted by molar-refractivity contribution is 7.89. The zero-order valence-corrected chi connectivity index (χ0v) is 27.1. The van der Waals surface area contributed by atoms with Gasteiger partial charge in [0.1, 0.15) is 6.10 Å². The van der Waals surface area contributed by atoms with Crippen LogP contribution in [0.4, 0.5) is 10.6 Å². The van der Waals surface area contributed by atoms with Crippen molar-refractivity contribution in [1.29, 1.82) is 0 Å². The number of carbonyl (C=O) groups is 1. The van der Waals surface area contributed by atoms with E-state index in [-0.39, 0.29) is 55.2 Å². The number of nitrogens with one attached hydrogen (secondary N) is 3. The molecular weight excluding hydrogens is 598 g/mol. The number of alkyl carbamates (subject to hydrolysis) is 1. The molecule has 2 fully saturated rings. The molecule has 0 spiro atoms. The topological polar surface area (TPSA) is 155 Å². The zero-order chi connectivity index (χ0) is 32.1. The van der Waals surface area contributed by atoms with Crippen LogP contribution in [-0.4, -0.2) is 91.0 Å². The maximum atomic E-state index is 14.1. The molecule has 3 aromatic rings. The summed E-state index contributed by atoms with van der Waals surface area (Å²) >= 11 is 0. The van der Waals surface area contributed by atoms with Gasteiger partial charge in [-0.2, -0.15) is 9.40 Å². The molecule has 0 aliphatic carbocycles. The molecular formula is C32H45N5O7S. The first-order chi connectivity index (χ1) is 21.5. The van der Waals surface area contributed by atoms with Crippen molar-refractivity contribution in [1.82, 2.24) is 19.8 Å². The lowest BCUT2D eigenvalue weighted by atomic mass is 10.0. The lowest BCUT2D eigenvalue weighted by Gasteiger charge is -2.31. The normalized spacial score (nSPS) is 22.0. The average molecular weight is 644 g/mol. The summed E-state index contributed by atoms with van der Waals surface area (Å²) in [7, 11) is -4.05. The molecule has 2 aliphatic rings. The van der Waals surface area contributed by atoms with Crippen LogP contribution in [0.1, 0.15) is 46.1 Å². The van der Waals surface area contributed by atoms with Crippen LogP contribution in [0.3, 0.4) is 0 Å².